The van der Waals surface area contributed by atoms with Gasteiger partial charge in [-0.1, -0.05) is 24.2 Å². The lowest BCUT2D eigenvalue weighted by Gasteiger charge is -2.14. The fourth-order valence-corrected chi connectivity index (χ4v) is 2.74. The van der Waals surface area contributed by atoms with Gasteiger partial charge in [0.2, 0.25) is 5.75 Å². The number of aryl methyl sites for hydroxylation is 1. The van der Waals surface area contributed by atoms with Crippen molar-refractivity contribution < 1.29 is 23.6 Å². The van der Waals surface area contributed by atoms with Crippen LogP contribution in [0.5, 0.6) is 11.5 Å². The minimum Gasteiger partial charge on any atom is -0.493 e. The van der Waals surface area contributed by atoms with Crippen LogP contribution in [-0.2, 0) is 11.2 Å². The molecule has 0 fully saturated rings. The third-order valence-electron chi connectivity index (χ3n) is 4.33. The number of nitrogens with zero attached hydrogens (tertiary/aromatic N) is 3. The highest BCUT2D eigenvalue weighted by molar-refractivity contribution is 5.96. The van der Waals surface area contributed by atoms with Gasteiger partial charge in [-0.05, 0) is 31.0 Å². The Labute approximate surface area is 173 Å². The molecule has 156 valence electrons. The molecule has 0 aliphatic heterocycles. The number of rotatable bonds is 7. The monoisotopic (exact) mass is 410 g/mol. The Morgan fingerprint density at radius 2 is 1.93 bits per heavy atom. The molecule has 2 aromatic heterocycles. The minimum absolute atomic E-state index is 0.0537. The second-order valence-electron chi connectivity index (χ2n) is 6.49. The Hall–Kier alpha value is -3.75. The molecule has 0 aliphatic rings. The molecule has 0 aliphatic carbocycles. The van der Waals surface area contributed by atoms with Crippen molar-refractivity contribution in [3.05, 3.63) is 53.6 Å². The smallest absolute Gasteiger partial charge is 0.308 e. The fraction of sp³-hybridized carbons (Fsp3) is 0.286. The van der Waals surface area contributed by atoms with E-state index in [1.54, 1.807) is 6.92 Å². The molecule has 1 amide bonds. The standard InChI is InChI=1S/C21H22N4O5/c1-5-14-6-8-15(9-7-14)21-24-19(25-30-21)12(2)23-20(27)17-18(29-13(3)26)16(28-4)10-11-22-17/h6-12H,5H2,1-4H3,(H,23,27)/t12-/m0/s1. The highest BCUT2D eigenvalue weighted by Crippen LogP contribution is 2.30. The molecule has 0 spiro atoms. The van der Waals surface area contributed by atoms with Gasteiger partial charge in [0.25, 0.3) is 11.8 Å². The molecule has 1 atom stereocenters. The zero-order valence-electron chi connectivity index (χ0n) is 17.1. The van der Waals surface area contributed by atoms with Crippen LogP contribution in [0, 0.1) is 0 Å². The van der Waals surface area contributed by atoms with Crippen LogP contribution in [0.2, 0.25) is 0 Å². The summed E-state index contributed by atoms with van der Waals surface area (Å²) in [5, 5.41) is 6.68. The first kappa shape index (κ1) is 21.0. The van der Waals surface area contributed by atoms with Crippen LogP contribution in [0.1, 0.15) is 48.7 Å². The van der Waals surface area contributed by atoms with E-state index in [1.165, 1.54) is 31.9 Å². The number of carbonyl (C=O) groups is 2. The van der Waals surface area contributed by atoms with Crippen LogP contribution in [0.25, 0.3) is 11.5 Å². The van der Waals surface area contributed by atoms with Crippen molar-refractivity contribution >= 4 is 11.9 Å². The van der Waals surface area contributed by atoms with Crippen molar-refractivity contribution in [2.75, 3.05) is 7.11 Å². The van der Waals surface area contributed by atoms with Crippen molar-refractivity contribution in [1.29, 1.82) is 0 Å². The Balaban J connectivity index is 1.78. The average molecular weight is 410 g/mol. The summed E-state index contributed by atoms with van der Waals surface area (Å²) in [7, 11) is 1.40. The van der Waals surface area contributed by atoms with E-state index in [9.17, 15) is 9.59 Å². The molecule has 3 rings (SSSR count). The maximum absolute atomic E-state index is 12.7. The number of benzene rings is 1. The molecule has 0 unspecified atom stereocenters. The van der Waals surface area contributed by atoms with E-state index in [-0.39, 0.29) is 17.2 Å². The largest absolute Gasteiger partial charge is 0.493 e. The normalized spacial score (nSPS) is 11.6. The molecule has 0 saturated carbocycles. The van der Waals surface area contributed by atoms with Gasteiger partial charge >= 0.3 is 5.97 Å². The average Bonchev–Trinajstić information content (AvgIpc) is 3.24. The summed E-state index contributed by atoms with van der Waals surface area (Å²) in [6, 6.07) is 8.72. The van der Waals surface area contributed by atoms with Crippen molar-refractivity contribution in [3.8, 4) is 23.0 Å². The highest BCUT2D eigenvalue weighted by Gasteiger charge is 2.24. The predicted molar refractivity (Wildman–Crippen MR) is 107 cm³/mol. The number of nitrogens with one attached hydrogen (secondary N) is 1. The Morgan fingerprint density at radius 1 is 1.20 bits per heavy atom. The Morgan fingerprint density at radius 3 is 2.57 bits per heavy atom. The second kappa shape index (κ2) is 9.17. The van der Waals surface area contributed by atoms with E-state index in [0.29, 0.717) is 11.7 Å². The van der Waals surface area contributed by atoms with Crippen molar-refractivity contribution in [2.24, 2.45) is 0 Å². The number of methoxy groups -OCH3 is 1. The third kappa shape index (κ3) is 4.62. The molecule has 2 heterocycles. The van der Waals surface area contributed by atoms with E-state index >= 15 is 0 Å². The summed E-state index contributed by atoms with van der Waals surface area (Å²) >= 11 is 0. The van der Waals surface area contributed by atoms with Gasteiger partial charge in [0, 0.05) is 24.8 Å². The molecular formula is C21H22N4O5. The van der Waals surface area contributed by atoms with Crippen LogP contribution in [-0.4, -0.2) is 34.1 Å². The Bertz CT molecular complexity index is 1050. The number of carbonyl (C=O) groups excluding carboxylic acids is 2. The van der Waals surface area contributed by atoms with Gasteiger partial charge in [0.15, 0.2) is 17.3 Å². The predicted octanol–water partition coefficient (Wildman–Crippen LogP) is 3.12. The van der Waals surface area contributed by atoms with E-state index in [2.05, 4.69) is 27.4 Å². The molecule has 1 N–H and O–H groups in total. The fourth-order valence-electron chi connectivity index (χ4n) is 2.74. The zero-order valence-corrected chi connectivity index (χ0v) is 17.1. The number of amides is 1. The molecule has 0 radical (unpaired) electrons. The van der Waals surface area contributed by atoms with Gasteiger partial charge < -0.3 is 19.3 Å². The molecule has 0 saturated heterocycles. The summed E-state index contributed by atoms with van der Waals surface area (Å²) in [5.41, 5.74) is 1.90. The molecule has 0 bridgehead atoms. The van der Waals surface area contributed by atoms with E-state index < -0.39 is 17.9 Å². The molecule has 30 heavy (non-hydrogen) atoms. The summed E-state index contributed by atoms with van der Waals surface area (Å²) in [5.74, 6) is -0.349. The van der Waals surface area contributed by atoms with E-state index in [1.807, 2.05) is 24.3 Å². The Kier molecular flexibility index (Phi) is 6.41. The summed E-state index contributed by atoms with van der Waals surface area (Å²) < 4.78 is 15.6. The summed E-state index contributed by atoms with van der Waals surface area (Å²) in [6.45, 7) is 5.01. The number of aromatic nitrogens is 3. The maximum Gasteiger partial charge on any atom is 0.308 e. The van der Waals surface area contributed by atoms with Gasteiger partial charge in [0.05, 0.1) is 13.2 Å². The number of esters is 1. The van der Waals surface area contributed by atoms with Crippen LogP contribution in [0.15, 0.2) is 41.1 Å². The highest BCUT2D eigenvalue weighted by atomic mass is 16.6. The first-order chi connectivity index (χ1) is 14.4. The summed E-state index contributed by atoms with van der Waals surface area (Å²) in [6.07, 6.45) is 2.32. The van der Waals surface area contributed by atoms with Gasteiger partial charge in [-0.25, -0.2) is 4.98 Å². The van der Waals surface area contributed by atoms with Crippen LogP contribution < -0.4 is 14.8 Å². The van der Waals surface area contributed by atoms with E-state index in [4.69, 9.17) is 14.0 Å². The molecule has 3 aromatic rings. The molecule has 1 aromatic carbocycles. The molecule has 9 heteroatoms. The number of pyridine rings is 1. The number of hydrogen-bond acceptors (Lipinski definition) is 8. The summed E-state index contributed by atoms with van der Waals surface area (Å²) in [4.78, 5) is 32.5. The second-order valence-corrected chi connectivity index (χ2v) is 6.49. The van der Waals surface area contributed by atoms with Gasteiger partial charge in [-0.3, -0.25) is 9.59 Å². The zero-order chi connectivity index (χ0) is 21.7. The third-order valence-corrected chi connectivity index (χ3v) is 4.33. The maximum atomic E-state index is 12.7. The quantitative estimate of drug-likeness (QED) is 0.591. The van der Waals surface area contributed by atoms with Crippen molar-refractivity contribution in [1.82, 2.24) is 20.4 Å². The molecule has 9 nitrogen and oxygen atoms in total. The van der Waals surface area contributed by atoms with Crippen molar-refractivity contribution in [2.45, 2.75) is 33.2 Å². The first-order valence-corrected chi connectivity index (χ1v) is 9.38. The number of hydrogen-bond donors (Lipinski definition) is 1. The minimum atomic E-state index is -0.597. The first-order valence-electron chi connectivity index (χ1n) is 9.38. The lowest BCUT2D eigenvalue weighted by molar-refractivity contribution is -0.132. The SMILES string of the molecule is CCc1ccc(-c2nc([C@H](C)NC(=O)c3nccc(OC)c3OC(C)=O)no2)cc1. The van der Waals surface area contributed by atoms with Gasteiger partial charge in [-0.2, -0.15) is 4.98 Å². The van der Waals surface area contributed by atoms with Gasteiger partial charge in [0.1, 0.15) is 0 Å². The van der Waals surface area contributed by atoms with Crippen LogP contribution >= 0.6 is 0 Å². The molecular weight excluding hydrogens is 388 g/mol. The van der Waals surface area contributed by atoms with Crippen LogP contribution in [0.3, 0.4) is 0 Å². The lowest BCUT2D eigenvalue weighted by atomic mass is 10.1. The van der Waals surface area contributed by atoms with Gasteiger partial charge in [-0.15, -0.1) is 0 Å². The lowest BCUT2D eigenvalue weighted by Crippen LogP contribution is -2.29. The van der Waals surface area contributed by atoms with Crippen LogP contribution in [0.4, 0.5) is 0 Å². The topological polar surface area (TPSA) is 116 Å². The van der Waals surface area contributed by atoms with Crippen molar-refractivity contribution in [3.63, 3.8) is 0 Å². The van der Waals surface area contributed by atoms with E-state index in [0.717, 1.165) is 12.0 Å². The number of ether oxygens (including phenoxy) is 2.